The van der Waals surface area contributed by atoms with Gasteiger partial charge in [0.15, 0.2) is 11.5 Å². The van der Waals surface area contributed by atoms with Crippen molar-refractivity contribution in [3.63, 3.8) is 0 Å². The van der Waals surface area contributed by atoms with Gasteiger partial charge in [0.2, 0.25) is 5.91 Å². The van der Waals surface area contributed by atoms with E-state index in [2.05, 4.69) is 15.4 Å². The molecule has 2 aromatic heterocycles. The van der Waals surface area contributed by atoms with Crippen molar-refractivity contribution in [3.05, 3.63) is 29.5 Å². The normalized spacial score (nSPS) is 25.4. The van der Waals surface area contributed by atoms with Crippen LogP contribution in [0.4, 0.5) is 24.7 Å². The van der Waals surface area contributed by atoms with Crippen LogP contribution < -0.4 is 10.2 Å². The number of alkyl halides is 3. The zero-order valence-electron chi connectivity index (χ0n) is 19.0. The predicted molar refractivity (Wildman–Crippen MR) is 114 cm³/mol. The minimum absolute atomic E-state index is 0.0735. The van der Waals surface area contributed by atoms with E-state index in [1.165, 1.54) is 0 Å². The van der Waals surface area contributed by atoms with Crippen LogP contribution in [0.5, 0.6) is 0 Å². The maximum atomic E-state index is 13.1. The number of fused-ring (bicyclic) bond motifs is 1. The Labute approximate surface area is 193 Å². The summed E-state index contributed by atoms with van der Waals surface area (Å²) in [5.41, 5.74) is -0.365. The Kier molecular flexibility index (Phi) is 5.19. The summed E-state index contributed by atoms with van der Waals surface area (Å²) in [6.45, 7) is 1.80. The van der Waals surface area contributed by atoms with Crippen LogP contribution in [0.3, 0.4) is 0 Å². The second-order valence-electron chi connectivity index (χ2n) is 9.40. The van der Waals surface area contributed by atoms with Crippen molar-refractivity contribution >= 4 is 23.3 Å². The molecule has 3 heterocycles. The Morgan fingerprint density at radius 2 is 2.00 bits per heavy atom. The van der Waals surface area contributed by atoms with Crippen LogP contribution in [0.2, 0.25) is 0 Å². The number of halogens is 3. The summed E-state index contributed by atoms with van der Waals surface area (Å²) in [5, 5.41) is 6.50. The molecule has 9 nitrogen and oxygen atoms in total. The fourth-order valence-electron chi connectivity index (χ4n) is 5.13. The summed E-state index contributed by atoms with van der Waals surface area (Å²) in [4.78, 5) is 36.4. The number of methoxy groups -OCH3 is 1. The van der Waals surface area contributed by atoms with Crippen molar-refractivity contribution in [2.45, 2.75) is 56.8 Å². The smallest absolute Gasteiger partial charge is 0.376 e. The van der Waals surface area contributed by atoms with Gasteiger partial charge in [-0.25, -0.2) is 9.97 Å². The van der Waals surface area contributed by atoms with Crippen LogP contribution in [0.1, 0.15) is 47.7 Å². The zero-order chi connectivity index (χ0) is 24.4. The molecule has 2 aromatic rings. The number of likely N-dealkylation sites (N-methyl/N-ethyl adjacent to an activating group) is 1. The third kappa shape index (κ3) is 3.64. The number of nitrogens with zero attached hydrogens (tertiary/aromatic N) is 5. The second-order valence-corrected chi connectivity index (χ2v) is 9.40. The summed E-state index contributed by atoms with van der Waals surface area (Å²) in [5.74, 6) is -0.0431. The molecule has 0 bridgehead atoms. The second kappa shape index (κ2) is 7.76. The summed E-state index contributed by atoms with van der Waals surface area (Å²) >= 11 is 0. The van der Waals surface area contributed by atoms with E-state index in [9.17, 15) is 22.8 Å². The van der Waals surface area contributed by atoms with Crippen molar-refractivity contribution in [1.82, 2.24) is 19.7 Å². The number of ether oxygens (including phenoxy) is 1. The Balaban J connectivity index is 1.29. The predicted octanol–water partition coefficient (Wildman–Crippen LogP) is 2.85. The van der Waals surface area contributed by atoms with Crippen LogP contribution >= 0.6 is 0 Å². The Bertz CT molecular complexity index is 1150. The van der Waals surface area contributed by atoms with Gasteiger partial charge >= 0.3 is 6.18 Å². The molecule has 5 rings (SSSR count). The Hall–Kier alpha value is -3.02. The lowest BCUT2D eigenvalue weighted by atomic mass is 9.72. The van der Waals surface area contributed by atoms with Gasteiger partial charge in [-0.1, -0.05) is 0 Å². The Morgan fingerprint density at radius 3 is 2.62 bits per heavy atom. The highest BCUT2D eigenvalue weighted by Gasteiger charge is 2.57. The third-order valence-electron chi connectivity index (χ3n) is 7.18. The number of carbonyl (C=O) groups excluding carboxylic acids is 2. The molecule has 1 atom stereocenters. The molecule has 3 aliphatic rings. The van der Waals surface area contributed by atoms with E-state index in [4.69, 9.17) is 9.72 Å². The molecular weight excluding hydrogens is 453 g/mol. The van der Waals surface area contributed by atoms with E-state index in [-0.39, 0.29) is 11.8 Å². The first-order valence-electron chi connectivity index (χ1n) is 11.2. The topological polar surface area (TPSA) is 102 Å². The van der Waals surface area contributed by atoms with Gasteiger partial charge in [0.05, 0.1) is 17.5 Å². The fraction of sp³-hybridized carbons (Fsp3) is 0.591. The summed E-state index contributed by atoms with van der Waals surface area (Å²) in [6, 6.07) is 0.310. The van der Waals surface area contributed by atoms with Crippen molar-refractivity contribution in [1.29, 1.82) is 0 Å². The minimum atomic E-state index is -4.63. The largest absolute Gasteiger partial charge is 0.433 e. The molecule has 0 unspecified atom stereocenters. The monoisotopic (exact) mass is 478 g/mol. The lowest BCUT2D eigenvalue weighted by Gasteiger charge is -2.39. The molecule has 0 spiro atoms. The molecule has 2 fully saturated rings. The molecule has 12 heteroatoms. The van der Waals surface area contributed by atoms with Gasteiger partial charge in [-0.15, -0.1) is 0 Å². The molecule has 1 N–H and O–H groups in total. The maximum absolute atomic E-state index is 13.1. The quantitative estimate of drug-likeness (QED) is 0.705. The van der Waals surface area contributed by atoms with Crippen LogP contribution in [0, 0.1) is 18.8 Å². The van der Waals surface area contributed by atoms with Crippen molar-refractivity contribution in [2.75, 3.05) is 24.4 Å². The van der Waals surface area contributed by atoms with Crippen LogP contribution in [-0.4, -0.2) is 57.4 Å². The first-order valence-corrected chi connectivity index (χ1v) is 11.2. The molecule has 0 saturated heterocycles. The first kappa shape index (κ1) is 22.8. The van der Waals surface area contributed by atoms with E-state index in [0.29, 0.717) is 47.0 Å². The number of aryl methyl sites for hydroxylation is 1. The maximum Gasteiger partial charge on any atom is 0.433 e. The molecule has 2 saturated carbocycles. The van der Waals surface area contributed by atoms with Crippen molar-refractivity contribution < 1.29 is 27.5 Å². The van der Waals surface area contributed by atoms with Gasteiger partial charge in [-0.2, -0.15) is 23.0 Å². The van der Waals surface area contributed by atoms with Crippen LogP contribution in [0.25, 0.3) is 0 Å². The van der Waals surface area contributed by atoms with Crippen molar-refractivity contribution in [2.24, 2.45) is 11.8 Å². The summed E-state index contributed by atoms with van der Waals surface area (Å²) in [6.07, 6.45) is -0.687. The van der Waals surface area contributed by atoms with E-state index in [1.807, 2.05) is 11.9 Å². The number of hydrogen-bond donors (Lipinski definition) is 1. The number of nitrogens with one attached hydrogen (secondary N) is 1. The zero-order valence-corrected chi connectivity index (χ0v) is 19.0. The molecule has 1 aliphatic heterocycles. The first-order chi connectivity index (χ1) is 16.0. The van der Waals surface area contributed by atoms with Crippen molar-refractivity contribution in [3.8, 4) is 0 Å². The molecule has 0 aromatic carbocycles. The van der Waals surface area contributed by atoms with Gasteiger partial charge in [0, 0.05) is 26.5 Å². The highest BCUT2D eigenvalue weighted by molar-refractivity contribution is 6.04. The van der Waals surface area contributed by atoms with E-state index in [0.717, 1.165) is 25.1 Å². The Morgan fingerprint density at radius 1 is 1.29 bits per heavy atom. The van der Waals surface area contributed by atoms with Crippen LogP contribution in [-0.2, 0) is 22.1 Å². The lowest BCUT2D eigenvalue weighted by Crippen LogP contribution is -2.55. The molecule has 0 radical (unpaired) electrons. The number of hydrogen-bond acceptors (Lipinski definition) is 7. The van der Waals surface area contributed by atoms with Gasteiger partial charge in [-0.05, 0) is 44.6 Å². The fourth-order valence-corrected chi connectivity index (χ4v) is 5.13. The van der Waals surface area contributed by atoms with Gasteiger partial charge in [0.1, 0.15) is 17.6 Å². The third-order valence-corrected chi connectivity index (χ3v) is 7.18. The lowest BCUT2D eigenvalue weighted by molar-refractivity contribution is -0.143. The summed E-state index contributed by atoms with van der Waals surface area (Å²) in [7, 11) is 3.42. The van der Waals surface area contributed by atoms with E-state index < -0.39 is 35.3 Å². The summed E-state index contributed by atoms with van der Waals surface area (Å²) < 4.78 is 45.3. The number of rotatable bonds is 5. The van der Waals surface area contributed by atoms with Gasteiger partial charge < -0.3 is 15.0 Å². The van der Waals surface area contributed by atoms with E-state index >= 15 is 0 Å². The standard InChI is InChI=1S/C22H25F3N6O3/c1-11-16-18(30(2)17(19(32)29-16)21(34-3)5-6-21)28-15(27-11)10-12-8-13(9-12)20(33)31-14(4-7-26-31)22(23,24)25/h4,7,12-13,17H,5-6,8-10H2,1-3H3,(H,29,32)/t12?,13?,17-/m1/s1. The minimum Gasteiger partial charge on any atom is -0.376 e. The molecule has 1 amide bonds. The number of anilines is 2. The average Bonchev–Trinajstić information content (AvgIpc) is 3.34. The SMILES string of the molecule is COC1([C@H]2C(=O)Nc3c(C)nc(CC4CC(C(=O)n5nccc5C(F)(F)F)C4)nc3N2C)CC1. The average molecular weight is 478 g/mol. The number of aromatic nitrogens is 4. The molecule has 34 heavy (non-hydrogen) atoms. The van der Waals surface area contributed by atoms with Gasteiger partial charge in [-0.3, -0.25) is 9.59 Å². The number of amides is 1. The molecular formula is C22H25F3N6O3. The number of carbonyl (C=O) groups is 2. The van der Waals surface area contributed by atoms with Gasteiger partial charge in [0.25, 0.3) is 5.91 Å². The van der Waals surface area contributed by atoms with Crippen LogP contribution in [0.15, 0.2) is 12.3 Å². The molecule has 182 valence electrons. The van der Waals surface area contributed by atoms with E-state index in [1.54, 1.807) is 14.0 Å². The molecule has 2 aliphatic carbocycles. The highest BCUT2D eigenvalue weighted by Crippen LogP contribution is 2.48. The highest BCUT2D eigenvalue weighted by atomic mass is 19.4.